The lowest BCUT2D eigenvalue weighted by molar-refractivity contribution is -0.102. The van der Waals surface area contributed by atoms with Crippen LogP contribution in [0.2, 0.25) is 0 Å². The number of hydroxylamine groups is 2. The molecule has 1 fully saturated rings. The van der Waals surface area contributed by atoms with E-state index in [0.29, 0.717) is 23.7 Å². The Bertz CT molecular complexity index is 457. The van der Waals surface area contributed by atoms with Gasteiger partial charge in [0, 0.05) is 0 Å². The van der Waals surface area contributed by atoms with Crippen LogP contribution < -0.4 is 0 Å². The Hall–Kier alpha value is -1.68. The number of imide groups is 1. The van der Waals surface area contributed by atoms with Gasteiger partial charge in [-0.1, -0.05) is 25.0 Å². The molecule has 0 spiro atoms. The van der Waals surface area contributed by atoms with Crippen LogP contribution in [0.4, 0.5) is 0 Å². The molecule has 1 heterocycles. The summed E-state index contributed by atoms with van der Waals surface area (Å²) in [5, 5.41) is 0.920. The largest absolute Gasteiger partial charge is 0.285 e. The first-order chi connectivity index (χ1) is 8.77. The number of carbonyl (C=O) groups is 2. The van der Waals surface area contributed by atoms with Crippen molar-refractivity contribution < 1.29 is 14.4 Å². The first-order valence-electron chi connectivity index (χ1n) is 6.38. The number of hydrogen-bond donors (Lipinski definition) is 0. The molecular weight excluding hydrogens is 230 g/mol. The molecule has 1 aromatic carbocycles. The summed E-state index contributed by atoms with van der Waals surface area (Å²) in [6, 6.07) is 6.83. The van der Waals surface area contributed by atoms with Crippen LogP contribution in [0.5, 0.6) is 0 Å². The average Bonchev–Trinajstić information content (AvgIpc) is 2.98. The quantitative estimate of drug-likeness (QED) is 0.768. The van der Waals surface area contributed by atoms with E-state index in [0.717, 1.165) is 17.9 Å². The molecule has 0 atom stereocenters. The molecule has 0 bridgehead atoms. The highest BCUT2D eigenvalue weighted by Crippen LogP contribution is 2.27. The van der Waals surface area contributed by atoms with Gasteiger partial charge in [-0.2, -0.15) is 0 Å². The van der Waals surface area contributed by atoms with Crippen molar-refractivity contribution in [2.45, 2.75) is 25.7 Å². The minimum atomic E-state index is -0.339. The van der Waals surface area contributed by atoms with E-state index in [1.54, 1.807) is 24.3 Å². The van der Waals surface area contributed by atoms with Gasteiger partial charge in [-0.15, -0.1) is 5.06 Å². The number of rotatable bonds is 3. The summed E-state index contributed by atoms with van der Waals surface area (Å²) in [5.41, 5.74) is 0.878. The zero-order valence-electron chi connectivity index (χ0n) is 10.1. The van der Waals surface area contributed by atoms with Gasteiger partial charge in [0.2, 0.25) is 0 Å². The van der Waals surface area contributed by atoms with E-state index in [1.807, 2.05) is 0 Å². The Morgan fingerprint density at radius 3 is 2.17 bits per heavy atom. The van der Waals surface area contributed by atoms with Crippen LogP contribution in [0.3, 0.4) is 0 Å². The molecule has 2 aliphatic rings. The van der Waals surface area contributed by atoms with E-state index in [4.69, 9.17) is 4.84 Å². The fraction of sp³-hybridized carbons (Fsp3) is 0.429. The Balaban J connectivity index is 1.71. The summed E-state index contributed by atoms with van der Waals surface area (Å²) in [7, 11) is 0. The molecule has 0 unspecified atom stereocenters. The Kier molecular flexibility index (Phi) is 2.88. The number of fused-ring (bicyclic) bond motifs is 1. The molecule has 2 amide bonds. The smallest absolute Gasteiger partial charge is 0.266 e. The summed E-state index contributed by atoms with van der Waals surface area (Å²) in [6.45, 7) is 0.464. The molecule has 18 heavy (non-hydrogen) atoms. The maximum absolute atomic E-state index is 12.0. The van der Waals surface area contributed by atoms with E-state index in [9.17, 15) is 9.59 Å². The van der Waals surface area contributed by atoms with Gasteiger partial charge in [0.1, 0.15) is 0 Å². The van der Waals surface area contributed by atoms with Crippen LogP contribution in [0.15, 0.2) is 24.3 Å². The van der Waals surface area contributed by atoms with E-state index in [1.165, 1.54) is 12.8 Å². The number of hydrogen-bond acceptors (Lipinski definition) is 3. The maximum atomic E-state index is 12.0. The van der Waals surface area contributed by atoms with Crippen LogP contribution >= 0.6 is 0 Å². The summed E-state index contributed by atoms with van der Waals surface area (Å²) >= 11 is 0. The number of benzene rings is 1. The zero-order valence-corrected chi connectivity index (χ0v) is 10.1. The Morgan fingerprint density at radius 2 is 1.61 bits per heavy atom. The molecule has 0 radical (unpaired) electrons. The van der Waals surface area contributed by atoms with Crippen LogP contribution in [0, 0.1) is 5.92 Å². The summed E-state index contributed by atoms with van der Waals surface area (Å²) in [5.74, 6) is -0.198. The van der Waals surface area contributed by atoms with Gasteiger partial charge in [-0.3, -0.25) is 14.4 Å². The molecule has 0 saturated heterocycles. The summed E-state index contributed by atoms with van der Waals surface area (Å²) in [6.07, 6.45) is 4.69. The van der Waals surface area contributed by atoms with Crippen molar-refractivity contribution in [1.29, 1.82) is 0 Å². The second-order valence-electron chi connectivity index (χ2n) is 4.90. The first-order valence-corrected chi connectivity index (χ1v) is 6.38. The lowest BCUT2D eigenvalue weighted by Crippen LogP contribution is -2.31. The van der Waals surface area contributed by atoms with Crippen LogP contribution in [0.25, 0.3) is 0 Å². The zero-order chi connectivity index (χ0) is 12.5. The van der Waals surface area contributed by atoms with Crippen molar-refractivity contribution in [3.63, 3.8) is 0 Å². The molecule has 1 aromatic rings. The van der Waals surface area contributed by atoms with Crippen LogP contribution in [-0.4, -0.2) is 23.5 Å². The van der Waals surface area contributed by atoms with E-state index in [2.05, 4.69) is 0 Å². The molecule has 4 heteroatoms. The van der Waals surface area contributed by atoms with Crippen LogP contribution in [-0.2, 0) is 4.84 Å². The fourth-order valence-corrected chi connectivity index (χ4v) is 2.64. The normalized spacial score (nSPS) is 19.7. The summed E-state index contributed by atoms with van der Waals surface area (Å²) < 4.78 is 0. The van der Waals surface area contributed by atoms with Gasteiger partial charge in [-0.25, -0.2) is 0 Å². The highest BCUT2D eigenvalue weighted by Gasteiger charge is 2.36. The monoisotopic (exact) mass is 245 g/mol. The lowest BCUT2D eigenvalue weighted by Gasteiger charge is -2.16. The fourth-order valence-electron chi connectivity index (χ4n) is 2.64. The standard InChI is InChI=1S/C14H15NO3/c16-13-11-7-3-4-8-12(11)14(17)15(13)18-9-10-5-1-2-6-10/h3-4,7-8,10H,1-2,5-6,9H2. The Morgan fingerprint density at radius 1 is 1.06 bits per heavy atom. The Labute approximate surface area is 105 Å². The number of amides is 2. The molecule has 1 aliphatic carbocycles. The maximum Gasteiger partial charge on any atom is 0.285 e. The highest BCUT2D eigenvalue weighted by molar-refractivity contribution is 6.20. The molecular formula is C14H15NO3. The van der Waals surface area contributed by atoms with Crippen molar-refractivity contribution in [2.75, 3.05) is 6.61 Å². The van der Waals surface area contributed by atoms with Gasteiger partial charge in [-0.05, 0) is 30.9 Å². The lowest BCUT2D eigenvalue weighted by atomic mass is 10.1. The molecule has 1 saturated carbocycles. The third-order valence-electron chi connectivity index (χ3n) is 3.67. The predicted octanol–water partition coefficient (Wildman–Crippen LogP) is 2.40. The molecule has 4 nitrogen and oxygen atoms in total. The van der Waals surface area contributed by atoms with Crippen molar-refractivity contribution in [2.24, 2.45) is 5.92 Å². The molecule has 0 N–H and O–H groups in total. The van der Waals surface area contributed by atoms with Crippen molar-refractivity contribution in [1.82, 2.24) is 5.06 Å². The van der Waals surface area contributed by atoms with Gasteiger partial charge >= 0.3 is 0 Å². The minimum absolute atomic E-state index is 0.339. The van der Waals surface area contributed by atoms with Gasteiger partial charge < -0.3 is 0 Å². The third kappa shape index (κ3) is 1.82. The van der Waals surface area contributed by atoms with Gasteiger partial charge in [0.25, 0.3) is 11.8 Å². The third-order valence-corrected chi connectivity index (χ3v) is 3.67. The topological polar surface area (TPSA) is 46.6 Å². The van der Waals surface area contributed by atoms with E-state index >= 15 is 0 Å². The van der Waals surface area contributed by atoms with Crippen molar-refractivity contribution in [3.8, 4) is 0 Å². The van der Waals surface area contributed by atoms with Crippen molar-refractivity contribution in [3.05, 3.63) is 35.4 Å². The van der Waals surface area contributed by atoms with Gasteiger partial charge in [0.15, 0.2) is 0 Å². The minimum Gasteiger partial charge on any atom is -0.266 e. The second-order valence-corrected chi connectivity index (χ2v) is 4.90. The molecule has 0 aromatic heterocycles. The first kappa shape index (κ1) is 11.4. The number of nitrogens with zero attached hydrogens (tertiary/aromatic N) is 1. The van der Waals surface area contributed by atoms with E-state index in [-0.39, 0.29) is 11.8 Å². The van der Waals surface area contributed by atoms with E-state index < -0.39 is 0 Å². The van der Waals surface area contributed by atoms with Crippen LogP contribution in [0.1, 0.15) is 46.4 Å². The average molecular weight is 245 g/mol. The molecule has 1 aliphatic heterocycles. The summed E-state index contributed by atoms with van der Waals surface area (Å²) in [4.78, 5) is 29.4. The SMILES string of the molecule is O=C1c2ccccc2C(=O)N1OCC1CCCC1. The van der Waals surface area contributed by atoms with Gasteiger partial charge in [0.05, 0.1) is 17.7 Å². The predicted molar refractivity (Wildman–Crippen MR) is 64.9 cm³/mol. The second kappa shape index (κ2) is 4.53. The highest BCUT2D eigenvalue weighted by atomic mass is 16.7. The molecule has 3 rings (SSSR count). The molecule has 94 valence electrons. The van der Waals surface area contributed by atoms with Crippen molar-refractivity contribution >= 4 is 11.8 Å². The number of carbonyl (C=O) groups excluding carboxylic acids is 2.